The fourth-order valence-electron chi connectivity index (χ4n) is 6.00. The summed E-state index contributed by atoms with van der Waals surface area (Å²) in [5.41, 5.74) is 3.02. The first kappa shape index (κ1) is 44.7. The van der Waals surface area contributed by atoms with Crippen LogP contribution in [0.4, 0.5) is 22.0 Å². The van der Waals surface area contributed by atoms with E-state index in [2.05, 4.69) is 25.8 Å². The zero-order valence-corrected chi connectivity index (χ0v) is 31.6. The van der Waals surface area contributed by atoms with Crippen LogP contribution in [0.5, 0.6) is 0 Å². The first-order valence-corrected chi connectivity index (χ1v) is 17.8. The lowest BCUT2D eigenvalue weighted by Gasteiger charge is -2.34. The first-order chi connectivity index (χ1) is 27.1. The zero-order chi connectivity index (χ0) is 43.0. The molecule has 0 unspecified atom stereocenters. The Morgan fingerprint density at radius 2 is 1.57 bits per heavy atom. The summed E-state index contributed by atoms with van der Waals surface area (Å²) >= 11 is 0. The number of amides is 5. The van der Waals surface area contributed by atoms with Crippen LogP contribution in [-0.2, 0) is 39.9 Å². The van der Waals surface area contributed by atoms with Gasteiger partial charge in [0.25, 0.3) is 17.7 Å². The maximum atomic E-state index is 14.9. The highest BCUT2D eigenvalue weighted by molar-refractivity contribution is 6.12. The van der Waals surface area contributed by atoms with Gasteiger partial charge in [-0.2, -0.15) is 18.3 Å². The van der Waals surface area contributed by atoms with Crippen molar-refractivity contribution in [2.45, 2.75) is 64.0 Å². The molecule has 1 aliphatic heterocycles. The average molecular weight is 820 g/mol. The Bertz CT molecular complexity index is 2030. The molecular formula is C38H42F5N7O8. The van der Waals surface area contributed by atoms with E-state index in [-0.39, 0.29) is 30.9 Å². The lowest BCUT2D eigenvalue weighted by Crippen LogP contribution is -2.60. The second-order valence-electron chi connectivity index (χ2n) is 14.4. The van der Waals surface area contributed by atoms with Crippen molar-refractivity contribution >= 4 is 35.5 Å². The number of benzene rings is 2. The molecule has 58 heavy (non-hydrogen) atoms. The molecule has 20 heteroatoms. The summed E-state index contributed by atoms with van der Waals surface area (Å²) in [5, 5.41) is 22.8. The number of alkyl halides is 3. The van der Waals surface area contributed by atoms with Crippen molar-refractivity contribution in [1.29, 1.82) is 0 Å². The Balaban J connectivity index is 1.48. The Morgan fingerprint density at radius 1 is 0.914 bits per heavy atom. The number of carbonyl (C=O) groups excluding carboxylic acids is 6. The Morgan fingerprint density at radius 3 is 2.19 bits per heavy atom. The number of halogens is 5. The smallest absolute Gasteiger partial charge is 0.428 e. The third-order valence-corrected chi connectivity index (χ3v) is 8.91. The number of esters is 1. The average Bonchev–Trinajstić information content (AvgIpc) is 3.69. The molecule has 1 aromatic heterocycles. The largest absolute Gasteiger partial charge is 0.491 e. The quantitative estimate of drug-likeness (QED) is 0.0579. The second-order valence-corrected chi connectivity index (χ2v) is 14.4. The number of nitrogens with two attached hydrogens (primary N) is 1. The van der Waals surface area contributed by atoms with E-state index in [1.54, 1.807) is 51.1 Å². The third kappa shape index (κ3) is 11.5. The lowest BCUT2D eigenvalue weighted by atomic mass is 9.73. The van der Waals surface area contributed by atoms with E-state index < -0.39 is 102 Å². The van der Waals surface area contributed by atoms with Gasteiger partial charge in [-0.1, -0.05) is 51.1 Å². The molecule has 2 aromatic carbocycles. The summed E-state index contributed by atoms with van der Waals surface area (Å²) in [6.45, 7) is 3.53. The van der Waals surface area contributed by atoms with Gasteiger partial charge in [0.1, 0.15) is 23.4 Å². The van der Waals surface area contributed by atoms with Gasteiger partial charge in [0.2, 0.25) is 17.5 Å². The van der Waals surface area contributed by atoms with Gasteiger partial charge in [0, 0.05) is 75.8 Å². The van der Waals surface area contributed by atoms with Crippen molar-refractivity contribution in [3.05, 3.63) is 95.3 Å². The number of ether oxygens (including phenoxy) is 1. The first-order valence-electron chi connectivity index (χ1n) is 17.8. The van der Waals surface area contributed by atoms with E-state index >= 15 is 0 Å². The van der Waals surface area contributed by atoms with Crippen LogP contribution < -0.4 is 21.7 Å². The third-order valence-electron chi connectivity index (χ3n) is 8.91. The van der Waals surface area contributed by atoms with Crippen LogP contribution in [0.15, 0.2) is 66.9 Å². The van der Waals surface area contributed by atoms with E-state index in [0.29, 0.717) is 5.56 Å². The molecule has 0 fully saturated rings. The monoisotopic (exact) mass is 819 g/mol. The highest BCUT2D eigenvalue weighted by Crippen LogP contribution is 2.40. The molecule has 3 atom stereocenters. The molecule has 2 heterocycles. The fraction of sp³-hybridized carbons (Fsp3) is 0.395. The van der Waals surface area contributed by atoms with Gasteiger partial charge in [-0.3, -0.25) is 34.6 Å². The molecule has 4 rings (SSSR count). The topological polar surface area (TPSA) is 215 Å². The van der Waals surface area contributed by atoms with E-state index in [1.165, 1.54) is 6.20 Å². The van der Waals surface area contributed by atoms with Crippen molar-refractivity contribution in [3.8, 4) is 5.69 Å². The molecule has 312 valence electrons. The molecule has 0 spiro atoms. The summed E-state index contributed by atoms with van der Waals surface area (Å²) in [5.74, 6) is -9.89. The van der Waals surface area contributed by atoms with Crippen LogP contribution in [0.2, 0.25) is 0 Å². The molecular weight excluding hydrogens is 777 g/mol. The molecule has 0 saturated carbocycles. The van der Waals surface area contributed by atoms with E-state index in [1.807, 2.05) is 0 Å². The molecule has 0 bridgehead atoms. The number of aromatic nitrogens is 2. The van der Waals surface area contributed by atoms with Crippen LogP contribution in [0.25, 0.3) is 5.69 Å². The number of nitrogens with zero attached hydrogens (tertiary/aromatic N) is 3. The number of carbonyl (C=O) groups is 6. The highest BCUT2D eigenvalue weighted by Gasteiger charge is 2.48. The number of aliphatic hydroxyl groups excluding tert-OH is 1. The predicted octanol–water partition coefficient (Wildman–Crippen LogP) is 2.05. The van der Waals surface area contributed by atoms with E-state index in [0.717, 1.165) is 45.5 Å². The summed E-state index contributed by atoms with van der Waals surface area (Å²) < 4.78 is 74.1. The minimum atomic E-state index is -5.58. The molecule has 1 aliphatic rings. The van der Waals surface area contributed by atoms with Crippen LogP contribution >= 0.6 is 0 Å². The van der Waals surface area contributed by atoms with Crippen molar-refractivity contribution in [3.63, 3.8) is 0 Å². The number of nitrogens with one attached hydrogen (secondary N) is 3. The predicted molar refractivity (Wildman–Crippen MR) is 194 cm³/mol. The number of imide groups is 1. The fourth-order valence-corrected chi connectivity index (χ4v) is 6.00. The summed E-state index contributed by atoms with van der Waals surface area (Å²) in [4.78, 5) is 74.7. The molecule has 0 aliphatic carbocycles. The molecule has 0 saturated heterocycles. The minimum absolute atomic E-state index is 0.140. The van der Waals surface area contributed by atoms with E-state index in [9.17, 15) is 55.8 Å². The Hall–Kier alpha value is -6.02. The number of hydrogen-bond acceptors (Lipinski definition) is 10. The van der Waals surface area contributed by atoms with Crippen molar-refractivity contribution in [1.82, 2.24) is 30.6 Å². The number of aliphatic hydroxyl groups is 1. The van der Waals surface area contributed by atoms with Gasteiger partial charge >= 0.3 is 12.1 Å². The normalized spacial score (nSPS) is 15.1. The molecule has 6 N–H and O–H groups in total. The van der Waals surface area contributed by atoms with Gasteiger partial charge in [0.15, 0.2) is 0 Å². The summed E-state index contributed by atoms with van der Waals surface area (Å²) in [6.07, 6.45) is -5.13. The maximum Gasteiger partial charge on any atom is 0.491 e. The highest BCUT2D eigenvalue weighted by atomic mass is 19.4. The number of hydrogen-bond donors (Lipinski definition) is 5. The van der Waals surface area contributed by atoms with Crippen LogP contribution in [0.3, 0.4) is 0 Å². The standard InChI is InChI=1S/C38H42F5N7O8/c1-36(2,3)30(31-23(19-22-7-5-4-6-8-22)21-50(48-31)26-20-24(39)9-10-25(26)40)32(54)33(55)46-16-14-37(44,58-35(57)38(41,42)43)34(56)47-15-13-27(51)45-17-18-49-28(52)11-12-29(49)53/h4-12,20-21,30,32,54H,13-19,44H2,1-3H3,(H,45,51)(H,46,55)(H,47,56)/t30-,32+,37+/m1/s1. The van der Waals surface area contributed by atoms with Crippen molar-refractivity contribution in [2.75, 3.05) is 26.2 Å². The summed E-state index contributed by atoms with van der Waals surface area (Å²) in [7, 11) is 0. The van der Waals surface area contributed by atoms with Gasteiger partial charge < -0.3 is 25.8 Å². The van der Waals surface area contributed by atoms with Crippen LogP contribution in [-0.4, -0.2) is 99.5 Å². The lowest BCUT2D eigenvalue weighted by molar-refractivity contribution is -0.214. The minimum Gasteiger partial charge on any atom is -0.428 e. The SMILES string of the molecule is CC(C)(C)[C@H](c1nn(-c2cc(F)ccc2F)cc1Cc1ccccc1)[C@H](O)C(=O)NCC[C@](N)(OC(=O)C(F)(F)F)C(=O)NCCC(=O)NCCN1C(=O)C=CC1=O. The second kappa shape index (κ2) is 18.5. The van der Waals surface area contributed by atoms with Crippen molar-refractivity contribution < 1.29 is 60.6 Å². The maximum absolute atomic E-state index is 14.9. The number of rotatable bonds is 17. The Labute approximate surface area is 328 Å². The van der Waals surface area contributed by atoms with Crippen molar-refractivity contribution in [2.24, 2.45) is 11.1 Å². The zero-order valence-electron chi connectivity index (χ0n) is 31.6. The molecule has 15 nitrogen and oxygen atoms in total. The van der Waals surface area contributed by atoms with Gasteiger partial charge in [0.05, 0.1) is 5.69 Å². The van der Waals surface area contributed by atoms with Crippen LogP contribution in [0, 0.1) is 17.0 Å². The molecule has 0 radical (unpaired) electrons. The van der Waals surface area contributed by atoms with Gasteiger partial charge in [-0.15, -0.1) is 0 Å². The Kier molecular flexibility index (Phi) is 14.3. The van der Waals surface area contributed by atoms with E-state index in [4.69, 9.17) is 5.73 Å². The van der Waals surface area contributed by atoms with Crippen LogP contribution in [0.1, 0.15) is 56.4 Å². The summed E-state index contributed by atoms with van der Waals surface area (Å²) in [6, 6.07) is 11.7. The van der Waals surface area contributed by atoms with Gasteiger partial charge in [-0.25, -0.2) is 18.3 Å². The van der Waals surface area contributed by atoms with Gasteiger partial charge in [-0.05, 0) is 28.7 Å². The molecule has 5 amide bonds. The molecule has 3 aromatic rings.